The lowest BCUT2D eigenvalue weighted by Gasteiger charge is -2.10. The first-order valence-electron chi connectivity index (χ1n) is 5.45. The number of rotatable bonds is 5. The third-order valence-corrected chi connectivity index (χ3v) is 4.70. The fourth-order valence-electron chi connectivity index (χ4n) is 1.19. The molecular formula is C12H15N2O2P. The van der Waals surface area contributed by atoms with Crippen LogP contribution in [0.15, 0.2) is 35.5 Å². The first-order chi connectivity index (χ1) is 8.15. The van der Waals surface area contributed by atoms with Crippen LogP contribution >= 0.6 is 7.37 Å². The predicted octanol–water partition coefficient (Wildman–Crippen LogP) is 3.25. The van der Waals surface area contributed by atoms with E-state index in [0.717, 1.165) is 0 Å². The molecule has 0 aliphatic carbocycles. The Balaban J connectivity index is 2.91. The maximum Gasteiger partial charge on any atom is 0.274 e. The summed E-state index contributed by atoms with van der Waals surface area (Å²) in [5.41, 5.74) is 0.807. The average molecular weight is 250 g/mol. The van der Waals surface area contributed by atoms with Gasteiger partial charge < -0.3 is 4.62 Å². The smallest absolute Gasteiger partial charge is 0.274 e. The van der Waals surface area contributed by atoms with E-state index in [1.807, 2.05) is 12.1 Å². The number of nitrogens with zero attached hydrogens (tertiary/aromatic N) is 2. The van der Waals surface area contributed by atoms with Crippen molar-refractivity contribution in [3.05, 3.63) is 35.9 Å². The normalized spacial score (nSPS) is 11.9. The summed E-state index contributed by atoms with van der Waals surface area (Å²) < 4.78 is 17.0. The number of oxime groups is 1. The summed E-state index contributed by atoms with van der Waals surface area (Å²) in [6, 6.07) is 10.9. The minimum atomic E-state index is -2.71. The van der Waals surface area contributed by atoms with Crippen LogP contribution in [0.5, 0.6) is 0 Å². The molecule has 0 saturated heterocycles. The van der Waals surface area contributed by atoms with E-state index in [2.05, 4.69) is 5.16 Å². The zero-order valence-electron chi connectivity index (χ0n) is 9.96. The van der Waals surface area contributed by atoms with E-state index in [1.165, 1.54) is 0 Å². The van der Waals surface area contributed by atoms with Crippen LogP contribution in [-0.2, 0) is 9.19 Å². The van der Waals surface area contributed by atoms with E-state index in [-0.39, 0.29) is 5.71 Å². The van der Waals surface area contributed by atoms with Crippen LogP contribution in [-0.4, -0.2) is 18.0 Å². The van der Waals surface area contributed by atoms with Gasteiger partial charge in [-0.15, -0.1) is 0 Å². The molecule has 17 heavy (non-hydrogen) atoms. The maximum absolute atomic E-state index is 12.0. The molecule has 0 radical (unpaired) electrons. The highest BCUT2D eigenvalue weighted by Gasteiger charge is 2.19. The summed E-state index contributed by atoms with van der Waals surface area (Å²) in [5.74, 6) is 0. The summed E-state index contributed by atoms with van der Waals surface area (Å²) in [6.07, 6.45) is 0.834. The molecule has 0 aliphatic heterocycles. The zero-order valence-corrected chi connectivity index (χ0v) is 10.9. The van der Waals surface area contributed by atoms with E-state index >= 15 is 0 Å². The van der Waals surface area contributed by atoms with E-state index in [0.29, 0.717) is 17.9 Å². The maximum atomic E-state index is 12.0. The van der Waals surface area contributed by atoms with Crippen LogP contribution in [0.2, 0.25) is 0 Å². The summed E-state index contributed by atoms with van der Waals surface area (Å²) in [4.78, 5) is 0. The fraction of sp³-hybridized carbons (Fsp3) is 0.333. The number of hydrogen-bond donors (Lipinski definition) is 0. The highest BCUT2D eigenvalue weighted by atomic mass is 31.2. The van der Waals surface area contributed by atoms with E-state index < -0.39 is 7.37 Å². The number of hydrogen-bond acceptors (Lipinski definition) is 4. The molecule has 0 aromatic heterocycles. The minimum absolute atomic E-state index is 0.146. The third kappa shape index (κ3) is 3.72. The lowest BCUT2D eigenvalue weighted by molar-refractivity contribution is 0.336. The van der Waals surface area contributed by atoms with Gasteiger partial charge in [0.25, 0.3) is 7.37 Å². The second-order valence-electron chi connectivity index (χ2n) is 3.45. The van der Waals surface area contributed by atoms with E-state index in [9.17, 15) is 4.57 Å². The number of benzene rings is 1. The summed E-state index contributed by atoms with van der Waals surface area (Å²) in [6.45, 7) is 3.57. The Morgan fingerprint density at radius 2 is 1.94 bits per heavy atom. The van der Waals surface area contributed by atoms with Gasteiger partial charge in [-0.1, -0.05) is 49.3 Å². The summed E-state index contributed by atoms with van der Waals surface area (Å²) in [5, 5.41) is 12.7. The first kappa shape index (κ1) is 13.5. The number of nitriles is 1. The van der Waals surface area contributed by atoms with E-state index in [4.69, 9.17) is 9.89 Å². The van der Waals surface area contributed by atoms with Crippen molar-refractivity contribution in [2.75, 3.05) is 12.3 Å². The van der Waals surface area contributed by atoms with Gasteiger partial charge in [-0.25, -0.2) is 0 Å². The summed E-state index contributed by atoms with van der Waals surface area (Å²) >= 11 is 0. The lowest BCUT2D eigenvalue weighted by atomic mass is 10.1. The van der Waals surface area contributed by atoms with Gasteiger partial charge in [0.1, 0.15) is 6.07 Å². The van der Waals surface area contributed by atoms with Gasteiger partial charge in [0.15, 0.2) is 5.71 Å². The molecule has 0 saturated carbocycles. The molecule has 0 heterocycles. The topological polar surface area (TPSA) is 62.4 Å². The first-order valence-corrected chi connectivity index (χ1v) is 7.45. The Hall–Kier alpha value is -1.59. The largest absolute Gasteiger partial charge is 0.339 e. The van der Waals surface area contributed by atoms with Crippen LogP contribution < -0.4 is 0 Å². The highest BCUT2D eigenvalue weighted by molar-refractivity contribution is 7.58. The molecule has 0 bridgehead atoms. The Morgan fingerprint density at radius 1 is 1.35 bits per heavy atom. The molecule has 0 aliphatic rings. The highest BCUT2D eigenvalue weighted by Crippen LogP contribution is 2.46. The van der Waals surface area contributed by atoms with Crippen LogP contribution in [0.3, 0.4) is 0 Å². The monoisotopic (exact) mass is 250 g/mol. The van der Waals surface area contributed by atoms with Crippen molar-refractivity contribution in [2.45, 2.75) is 13.8 Å². The third-order valence-electron chi connectivity index (χ3n) is 2.40. The molecule has 0 atom stereocenters. The molecular weight excluding hydrogens is 235 g/mol. The van der Waals surface area contributed by atoms with Crippen molar-refractivity contribution in [3.8, 4) is 6.07 Å². The minimum Gasteiger partial charge on any atom is -0.339 e. The van der Waals surface area contributed by atoms with Gasteiger partial charge in [0.2, 0.25) is 0 Å². The quantitative estimate of drug-likeness (QED) is 0.457. The molecule has 4 nitrogen and oxygen atoms in total. The molecule has 0 N–H and O–H groups in total. The Bertz CT molecular complexity index is 469. The molecule has 5 heteroatoms. The second-order valence-corrected chi connectivity index (χ2v) is 6.50. The molecule has 0 fully saturated rings. The zero-order chi connectivity index (χ0) is 12.7. The van der Waals surface area contributed by atoms with Gasteiger partial charge in [0, 0.05) is 17.9 Å². The van der Waals surface area contributed by atoms with Crippen molar-refractivity contribution in [1.82, 2.24) is 0 Å². The van der Waals surface area contributed by atoms with Crippen molar-refractivity contribution in [3.63, 3.8) is 0 Å². The molecule has 0 amide bonds. The molecule has 1 aromatic rings. The molecule has 1 aromatic carbocycles. The van der Waals surface area contributed by atoms with Gasteiger partial charge in [-0.05, 0) is 0 Å². The molecule has 90 valence electrons. The molecule has 0 spiro atoms. The average Bonchev–Trinajstić information content (AvgIpc) is 2.40. The summed E-state index contributed by atoms with van der Waals surface area (Å²) in [7, 11) is -2.71. The van der Waals surface area contributed by atoms with Gasteiger partial charge in [-0.3, -0.25) is 4.57 Å². The SMILES string of the molecule is CCP(=O)(CC)O/N=C(/C#N)c1ccccc1. The van der Waals surface area contributed by atoms with Crippen molar-refractivity contribution in [1.29, 1.82) is 5.26 Å². The van der Waals surface area contributed by atoms with Gasteiger partial charge >= 0.3 is 0 Å². The van der Waals surface area contributed by atoms with Gasteiger partial charge in [-0.2, -0.15) is 5.26 Å². The van der Waals surface area contributed by atoms with Crippen molar-refractivity contribution >= 4 is 13.1 Å². The van der Waals surface area contributed by atoms with Gasteiger partial charge in [0.05, 0.1) is 0 Å². The Labute approximate surface area is 101 Å². The van der Waals surface area contributed by atoms with Crippen molar-refractivity contribution < 1.29 is 9.19 Å². The van der Waals surface area contributed by atoms with Crippen LogP contribution in [0.1, 0.15) is 19.4 Å². The second kappa shape index (κ2) is 6.22. The lowest BCUT2D eigenvalue weighted by Crippen LogP contribution is -1.99. The Morgan fingerprint density at radius 3 is 2.41 bits per heavy atom. The standard InChI is InChI=1S/C12H15N2O2P/c1-3-17(15,4-2)16-14-12(10-13)11-8-6-5-7-9-11/h5-9H,3-4H2,1-2H3/b14-12-. The Kier molecular flexibility index (Phi) is 4.93. The van der Waals surface area contributed by atoms with Crippen LogP contribution in [0, 0.1) is 11.3 Å². The predicted molar refractivity (Wildman–Crippen MR) is 68.4 cm³/mol. The molecule has 1 rings (SSSR count). The van der Waals surface area contributed by atoms with Crippen molar-refractivity contribution in [2.24, 2.45) is 5.16 Å². The van der Waals surface area contributed by atoms with Crippen LogP contribution in [0.25, 0.3) is 0 Å². The molecule has 0 unspecified atom stereocenters. The fourth-order valence-corrected chi connectivity index (χ4v) is 2.10. The van der Waals surface area contributed by atoms with Crippen LogP contribution in [0.4, 0.5) is 0 Å². The van der Waals surface area contributed by atoms with E-state index in [1.54, 1.807) is 38.1 Å².